The molecule has 2 N–H and O–H groups in total. The maximum absolute atomic E-state index is 11.6. The van der Waals surface area contributed by atoms with Crippen molar-refractivity contribution in [1.29, 1.82) is 0 Å². The number of rotatable bonds is 7. The fraction of sp³-hybridized carbons (Fsp3) is 0.333. The van der Waals surface area contributed by atoms with Gasteiger partial charge in [-0.1, -0.05) is 11.6 Å². The van der Waals surface area contributed by atoms with Crippen molar-refractivity contribution in [2.75, 3.05) is 16.8 Å². The van der Waals surface area contributed by atoms with E-state index in [1.54, 1.807) is 24.3 Å². The molecule has 20 heavy (non-hydrogen) atoms. The summed E-state index contributed by atoms with van der Waals surface area (Å²) < 4.78 is 23.2. The number of carboxylic acid groups (broad SMARTS) is 1. The second kappa shape index (κ2) is 7.25. The zero-order valence-corrected chi connectivity index (χ0v) is 12.1. The van der Waals surface area contributed by atoms with Gasteiger partial charge in [-0.15, -0.1) is 0 Å². The molecule has 1 amide bonds. The first kappa shape index (κ1) is 16.5. The maximum atomic E-state index is 11.6. The number of amides is 1. The van der Waals surface area contributed by atoms with Crippen LogP contribution < -0.4 is 5.32 Å². The lowest BCUT2D eigenvalue weighted by Crippen LogP contribution is -2.24. The summed E-state index contributed by atoms with van der Waals surface area (Å²) in [5.41, 5.74) is 0.445. The van der Waals surface area contributed by atoms with Crippen LogP contribution in [0.5, 0.6) is 0 Å². The highest BCUT2D eigenvalue weighted by Crippen LogP contribution is 2.13. The molecule has 1 aromatic carbocycles. The van der Waals surface area contributed by atoms with Crippen molar-refractivity contribution in [3.8, 4) is 0 Å². The second-order valence-electron chi connectivity index (χ2n) is 4.14. The summed E-state index contributed by atoms with van der Waals surface area (Å²) >= 11 is 5.68. The minimum atomic E-state index is -3.61. The Labute approximate surface area is 121 Å². The number of sulfone groups is 1. The van der Waals surface area contributed by atoms with Crippen molar-refractivity contribution in [2.45, 2.75) is 12.8 Å². The number of hydrogen-bond donors (Lipinski definition) is 2. The van der Waals surface area contributed by atoms with Crippen molar-refractivity contribution < 1.29 is 23.1 Å². The van der Waals surface area contributed by atoms with E-state index < -0.39 is 27.5 Å². The fourth-order valence-electron chi connectivity index (χ4n) is 1.45. The summed E-state index contributed by atoms with van der Waals surface area (Å²) in [6.45, 7) is 0. The number of carboxylic acids is 1. The van der Waals surface area contributed by atoms with Gasteiger partial charge in [-0.05, 0) is 30.7 Å². The Morgan fingerprint density at radius 2 is 1.80 bits per heavy atom. The topological polar surface area (TPSA) is 101 Å². The Hall–Kier alpha value is -1.60. The van der Waals surface area contributed by atoms with Gasteiger partial charge in [-0.25, -0.2) is 8.42 Å². The smallest absolute Gasteiger partial charge is 0.303 e. The SMILES string of the molecule is O=C(O)CCCS(=O)(=O)CC(=O)Nc1ccc(Cl)cc1. The van der Waals surface area contributed by atoms with E-state index in [9.17, 15) is 18.0 Å². The first-order valence-corrected chi connectivity index (χ1v) is 7.96. The molecule has 1 rings (SSSR count). The Kier molecular flexibility index (Phi) is 5.97. The van der Waals surface area contributed by atoms with Crippen LogP contribution in [0.2, 0.25) is 5.02 Å². The van der Waals surface area contributed by atoms with Crippen LogP contribution in [0, 0.1) is 0 Å². The van der Waals surface area contributed by atoms with Gasteiger partial charge in [0, 0.05) is 17.1 Å². The molecule has 6 nitrogen and oxygen atoms in total. The third-order valence-corrected chi connectivity index (χ3v) is 4.19. The molecule has 0 aliphatic rings. The minimum absolute atomic E-state index is 0.00804. The van der Waals surface area contributed by atoms with E-state index in [1.165, 1.54) is 0 Å². The van der Waals surface area contributed by atoms with Gasteiger partial charge in [-0.3, -0.25) is 9.59 Å². The molecule has 0 aliphatic carbocycles. The average Bonchev–Trinajstić information content (AvgIpc) is 2.30. The zero-order chi connectivity index (χ0) is 15.2. The van der Waals surface area contributed by atoms with E-state index in [1.807, 2.05) is 0 Å². The number of anilines is 1. The summed E-state index contributed by atoms with van der Waals surface area (Å²) in [5, 5.41) is 11.4. The number of aliphatic carboxylic acids is 1. The Morgan fingerprint density at radius 3 is 2.35 bits per heavy atom. The number of halogens is 1. The normalized spacial score (nSPS) is 11.1. The molecule has 0 heterocycles. The Balaban J connectivity index is 2.48. The molecule has 0 unspecified atom stereocenters. The van der Waals surface area contributed by atoms with Crippen molar-refractivity contribution in [3.05, 3.63) is 29.3 Å². The molecule has 1 aromatic rings. The standard InChI is InChI=1S/C12H14ClNO5S/c13-9-3-5-10(6-4-9)14-11(15)8-20(18,19)7-1-2-12(16)17/h3-6H,1-2,7-8H2,(H,14,15)(H,16,17). The van der Waals surface area contributed by atoms with Crippen LogP contribution in [0.4, 0.5) is 5.69 Å². The lowest BCUT2D eigenvalue weighted by atomic mass is 10.3. The van der Waals surface area contributed by atoms with Crippen molar-refractivity contribution in [1.82, 2.24) is 0 Å². The molecular formula is C12H14ClNO5S. The van der Waals surface area contributed by atoms with Crippen LogP contribution in [0.1, 0.15) is 12.8 Å². The van der Waals surface area contributed by atoms with E-state index in [-0.39, 0.29) is 18.6 Å². The molecule has 0 saturated heterocycles. The lowest BCUT2D eigenvalue weighted by molar-refractivity contribution is -0.137. The summed E-state index contributed by atoms with van der Waals surface area (Å²) in [5.74, 6) is -2.73. The molecule has 0 atom stereocenters. The van der Waals surface area contributed by atoms with Crippen LogP contribution in [0.25, 0.3) is 0 Å². The van der Waals surface area contributed by atoms with Crippen molar-refractivity contribution >= 4 is 39.0 Å². The van der Waals surface area contributed by atoms with Crippen molar-refractivity contribution in [2.24, 2.45) is 0 Å². The molecule has 0 fully saturated rings. The number of hydrogen-bond acceptors (Lipinski definition) is 4. The molecular weight excluding hydrogens is 306 g/mol. The van der Waals surface area contributed by atoms with Gasteiger partial charge in [0.05, 0.1) is 5.75 Å². The maximum Gasteiger partial charge on any atom is 0.303 e. The minimum Gasteiger partial charge on any atom is -0.481 e. The first-order chi connectivity index (χ1) is 9.28. The Bertz CT molecular complexity index is 582. The molecule has 0 bridgehead atoms. The van der Waals surface area contributed by atoms with E-state index in [4.69, 9.17) is 16.7 Å². The monoisotopic (exact) mass is 319 g/mol. The second-order valence-corrected chi connectivity index (χ2v) is 6.76. The van der Waals surface area contributed by atoms with Crippen LogP contribution in [-0.4, -0.2) is 36.9 Å². The van der Waals surface area contributed by atoms with Crippen LogP contribution in [0.15, 0.2) is 24.3 Å². The van der Waals surface area contributed by atoms with Gasteiger partial charge >= 0.3 is 5.97 Å². The number of nitrogens with one attached hydrogen (secondary N) is 1. The third kappa shape index (κ3) is 6.53. The summed E-state index contributed by atoms with van der Waals surface area (Å²) in [6.07, 6.45) is -0.246. The van der Waals surface area contributed by atoms with Gasteiger partial charge in [0.15, 0.2) is 9.84 Å². The summed E-state index contributed by atoms with van der Waals surface area (Å²) in [7, 11) is -3.61. The number of benzene rings is 1. The largest absolute Gasteiger partial charge is 0.481 e. The highest BCUT2D eigenvalue weighted by molar-refractivity contribution is 7.92. The molecule has 8 heteroatoms. The molecule has 0 radical (unpaired) electrons. The van der Waals surface area contributed by atoms with Crippen LogP contribution in [-0.2, 0) is 19.4 Å². The van der Waals surface area contributed by atoms with E-state index in [0.29, 0.717) is 10.7 Å². The van der Waals surface area contributed by atoms with Crippen LogP contribution in [0.3, 0.4) is 0 Å². The predicted octanol–water partition coefficient (Wildman–Crippen LogP) is 1.56. The highest BCUT2D eigenvalue weighted by Gasteiger charge is 2.17. The van der Waals surface area contributed by atoms with Gasteiger partial charge in [0.2, 0.25) is 5.91 Å². The summed E-state index contributed by atoms with van der Waals surface area (Å²) in [4.78, 5) is 21.9. The van der Waals surface area contributed by atoms with Gasteiger partial charge in [0.25, 0.3) is 0 Å². The third-order valence-electron chi connectivity index (χ3n) is 2.32. The molecule has 110 valence electrons. The number of carbonyl (C=O) groups excluding carboxylic acids is 1. The average molecular weight is 320 g/mol. The molecule has 0 aromatic heterocycles. The fourth-order valence-corrected chi connectivity index (χ4v) is 2.77. The van der Waals surface area contributed by atoms with E-state index >= 15 is 0 Å². The summed E-state index contributed by atoms with van der Waals surface area (Å²) in [6, 6.07) is 6.24. The molecule has 0 spiro atoms. The lowest BCUT2D eigenvalue weighted by Gasteiger charge is -2.06. The van der Waals surface area contributed by atoms with Crippen LogP contribution >= 0.6 is 11.6 Å². The predicted molar refractivity (Wildman–Crippen MR) is 75.6 cm³/mol. The zero-order valence-electron chi connectivity index (χ0n) is 10.5. The molecule has 0 saturated carbocycles. The first-order valence-electron chi connectivity index (χ1n) is 5.76. The van der Waals surface area contributed by atoms with Gasteiger partial charge in [0.1, 0.15) is 5.75 Å². The molecule has 0 aliphatic heterocycles. The van der Waals surface area contributed by atoms with E-state index in [0.717, 1.165) is 0 Å². The van der Waals surface area contributed by atoms with E-state index in [2.05, 4.69) is 5.32 Å². The van der Waals surface area contributed by atoms with Crippen molar-refractivity contribution in [3.63, 3.8) is 0 Å². The highest BCUT2D eigenvalue weighted by atomic mass is 35.5. The van der Waals surface area contributed by atoms with Gasteiger partial charge in [-0.2, -0.15) is 0 Å². The Morgan fingerprint density at radius 1 is 1.20 bits per heavy atom. The number of carbonyl (C=O) groups is 2. The van der Waals surface area contributed by atoms with Gasteiger partial charge < -0.3 is 10.4 Å². The quantitative estimate of drug-likeness (QED) is 0.794.